The average molecular weight is 403 g/mol. The molecule has 0 atom stereocenters. The molecule has 0 saturated carbocycles. The summed E-state index contributed by atoms with van der Waals surface area (Å²) in [5, 5.41) is 1.27. The Morgan fingerprint density at radius 1 is 1.00 bits per heavy atom. The number of hydrogen-bond donors (Lipinski definition) is 1. The maximum atomic E-state index is 11.8. The Morgan fingerprint density at radius 2 is 1.74 bits per heavy atom. The van der Waals surface area contributed by atoms with Crippen molar-refractivity contribution in [2.75, 3.05) is 12.4 Å². The van der Waals surface area contributed by atoms with E-state index in [9.17, 15) is 4.79 Å². The SMILES string of the molecule is O=c1cc(COc2ccccc2)nc(SCCCOc2ccc(Cl)cc2)[nH]1. The van der Waals surface area contributed by atoms with Crippen molar-refractivity contribution in [2.24, 2.45) is 0 Å². The van der Waals surface area contributed by atoms with Crippen molar-refractivity contribution in [2.45, 2.75) is 18.2 Å². The zero-order valence-electron chi connectivity index (χ0n) is 14.6. The number of para-hydroxylation sites is 1. The Labute approximate surface area is 166 Å². The fraction of sp³-hybridized carbons (Fsp3) is 0.200. The summed E-state index contributed by atoms with van der Waals surface area (Å²) in [5.41, 5.74) is 0.416. The van der Waals surface area contributed by atoms with Crippen LogP contribution in [0.4, 0.5) is 0 Å². The van der Waals surface area contributed by atoms with Gasteiger partial charge in [0.2, 0.25) is 0 Å². The van der Waals surface area contributed by atoms with Crippen LogP contribution >= 0.6 is 23.4 Å². The summed E-state index contributed by atoms with van der Waals surface area (Å²) in [5.74, 6) is 2.31. The van der Waals surface area contributed by atoms with E-state index in [4.69, 9.17) is 21.1 Å². The minimum atomic E-state index is -0.184. The van der Waals surface area contributed by atoms with Crippen LogP contribution in [-0.2, 0) is 6.61 Å². The summed E-state index contributed by atoms with van der Waals surface area (Å²) >= 11 is 7.33. The van der Waals surface area contributed by atoms with Crippen molar-refractivity contribution in [3.8, 4) is 11.5 Å². The maximum Gasteiger partial charge on any atom is 0.251 e. The van der Waals surface area contributed by atoms with Crippen LogP contribution in [0.3, 0.4) is 0 Å². The first kappa shape index (κ1) is 19.3. The quantitative estimate of drug-likeness (QED) is 0.323. The zero-order valence-corrected chi connectivity index (χ0v) is 16.1. The number of thioether (sulfide) groups is 1. The molecule has 140 valence electrons. The number of rotatable bonds is 9. The molecule has 1 N–H and O–H groups in total. The van der Waals surface area contributed by atoms with Crippen LogP contribution in [0.15, 0.2) is 70.6 Å². The van der Waals surface area contributed by atoms with Crippen molar-refractivity contribution in [3.05, 3.63) is 81.7 Å². The zero-order chi connectivity index (χ0) is 18.9. The molecule has 0 spiro atoms. The predicted molar refractivity (Wildman–Crippen MR) is 108 cm³/mol. The van der Waals surface area contributed by atoms with Gasteiger partial charge in [0.1, 0.15) is 18.1 Å². The molecule has 7 heteroatoms. The molecule has 0 radical (unpaired) electrons. The van der Waals surface area contributed by atoms with E-state index < -0.39 is 0 Å². The van der Waals surface area contributed by atoms with Gasteiger partial charge in [-0.2, -0.15) is 0 Å². The van der Waals surface area contributed by atoms with Crippen LogP contribution in [0.1, 0.15) is 12.1 Å². The van der Waals surface area contributed by atoms with Gasteiger partial charge < -0.3 is 14.5 Å². The van der Waals surface area contributed by atoms with E-state index in [0.717, 1.165) is 23.7 Å². The molecule has 0 aliphatic heterocycles. The van der Waals surface area contributed by atoms with Crippen molar-refractivity contribution in [1.82, 2.24) is 9.97 Å². The van der Waals surface area contributed by atoms with Gasteiger partial charge in [-0.25, -0.2) is 4.98 Å². The largest absolute Gasteiger partial charge is 0.494 e. The summed E-state index contributed by atoms with van der Waals surface area (Å²) in [6, 6.07) is 18.2. The Balaban J connectivity index is 1.44. The van der Waals surface area contributed by atoms with E-state index >= 15 is 0 Å². The van der Waals surface area contributed by atoms with E-state index in [1.54, 1.807) is 12.1 Å². The van der Waals surface area contributed by atoms with Crippen LogP contribution in [0.5, 0.6) is 11.5 Å². The summed E-state index contributed by atoms with van der Waals surface area (Å²) in [4.78, 5) is 19.0. The van der Waals surface area contributed by atoms with Gasteiger partial charge in [0.05, 0.1) is 12.3 Å². The van der Waals surface area contributed by atoms with Gasteiger partial charge in [0, 0.05) is 16.8 Å². The van der Waals surface area contributed by atoms with Crippen LogP contribution in [0.2, 0.25) is 5.02 Å². The molecule has 0 aliphatic carbocycles. The minimum Gasteiger partial charge on any atom is -0.494 e. The number of nitrogens with one attached hydrogen (secondary N) is 1. The first-order chi connectivity index (χ1) is 13.2. The van der Waals surface area contributed by atoms with Crippen molar-refractivity contribution in [3.63, 3.8) is 0 Å². The second-order valence-electron chi connectivity index (χ2n) is 5.65. The van der Waals surface area contributed by atoms with Crippen molar-refractivity contribution >= 4 is 23.4 Å². The summed E-state index contributed by atoms with van der Waals surface area (Å²) in [6.07, 6.45) is 0.821. The lowest BCUT2D eigenvalue weighted by Crippen LogP contribution is -2.12. The molecule has 27 heavy (non-hydrogen) atoms. The molecule has 3 rings (SSSR count). The first-order valence-electron chi connectivity index (χ1n) is 8.48. The summed E-state index contributed by atoms with van der Waals surface area (Å²) in [6.45, 7) is 0.830. The van der Waals surface area contributed by atoms with E-state index in [1.807, 2.05) is 42.5 Å². The Bertz CT molecular complexity index is 901. The standard InChI is InChI=1S/C20H19ClN2O3S/c21-15-7-9-18(10-8-15)25-11-4-12-27-20-22-16(13-19(24)23-20)14-26-17-5-2-1-3-6-17/h1-3,5-10,13H,4,11-12,14H2,(H,22,23,24). The molecule has 1 aromatic heterocycles. The van der Waals surface area contributed by atoms with E-state index in [1.165, 1.54) is 17.8 Å². The molecular weight excluding hydrogens is 384 g/mol. The highest BCUT2D eigenvalue weighted by atomic mass is 35.5. The highest BCUT2D eigenvalue weighted by molar-refractivity contribution is 7.99. The minimum absolute atomic E-state index is 0.184. The topological polar surface area (TPSA) is 64.2 Å². The first-order valence-corrected chi connectivity index (χ1v) is 9.85. The monoisotopic (exact) mass is 402 g/mol. The van der Waals surface area contributed by atoms with E-state index in [-0.39, 0.29) is 12.2 Å². The Kier molecular flexibility index (Phi) is 7.19. The predicted octanol–water partition coefficient (Wildman–Crippen LogP) is 4.56. The van der Waals surface area contributed by atoms with Crippen LogP contribution in [-0.4, -0.2) is 22.3 Å². The summed E-state index contributed by atoms with van der Waals surface area (Å²) in [7, 11) is 0. The second kappa shape index (κ2) is 10.0. The molecule has 0 saturated heterocycles. The lowest BCUT2D eigenvalue weighted by molar-refractivity contribution is 0.299. The number of H-pyrrole nitrogens is 1. The van der Waals surface area contributed by atoms with Gasteiger partial charge in [-0.1, -0.05) is 41.6 Å². The number of ether oxygens (including phenoxy) is 2. The second-order valence-corrected chi connectivity index (χ2v) is 7.17. The van der Waals surface area contributed by atoms with Gasteiger partial charge in [-0.3, -0.25) is 4.79 Å². The van der Waals surface area contributed by atoms with Gasteiger partial charge in [-0.05, 0) is 42.8 Å². The fourth-order valence-electron chi connectivity index (χ4n) is 2.25. The molecule has 0 aliphatic rings. The molecule has 5 nitrogen and oxygen atoms in total. The lowest BCUT2D eigenvalue weighted by atomic mass is 10.3. The maximum absolute atomic E-state index is 11.8. The van der Waals surface area contributed by atoms with E-state index in [2.05, 4.69) is 9.97 Å². The lowest BCUT2D eigenvalue weighted by Gasteiger charge is -2.07. The van der Waals surface area contributed by atoms with Gasteiger partial charge in [0.15, 0.2) is 5.16 Å². The average Bonchev–Trinajstić information content (AvgIpc) is 2.68. The Hall–Kier alpha value is -2.44. The molecule has 0 unspecified atom stereocenters. The number of hydrogen-bond acceptors (Lipinski definition) is 5. The van der Waals surface area contributed by atoms with Crippen LogP contribution < -0.4 is 15.0 Å². The number of halogens is 1. The molecule has 3 aromatic rings. The third-order valence-electron chi connectivity index (χ3n) is 3.51. The van der Waals surface area contributed by atoms with Gasteiger partial charge in [-0.15, -0.1) is 0 Å². The molecule has 0 bridgehead atoms. The number of nitrogens with zero attached hydrogens (tertiary/aromatic N) is 1. The molecule has 0 amide bonds. The molecular formula is C20H19ClN2O3S. The smallest absolute Gasteiger partial charge is 0.251 e. The van der Waals surface area contributed by atoms with Crippen molar-refractivity contribution < 1.29 is 9.47 Å². The summed E-state index contributed by atoms with van der Waals surface area (Å²) < 4.78 is 11.3. The van der Waals surface area contributed by atoms with Crippen LogP contribution in [0, 0.1) is 0 Å². The third-order valence-corrected chi connectivity index (χ3v) is 4.72. The number of aromatic amines is 1. The van der Waals surface area contributed by atoms with E-state index in [0.29, 0.717) is 22.5 Å². The Morgan fingerprint density at radius 3 is 2.52 bits per heavy atom. The number of benzene rings is 2. The molecule has 2 aromatic carbocycles. The van der Waals surface area contributed by atoms with Gasteiger partial charge in [0.25, 0.3) is 5.56 Å². The highest BCUT2D eigenvalue weighted by Crippen LogP contribution is 2.17. The third kappa shape index (κ3) is 6.66. The van der Waals surface area contributed by atoms with Crippen LogP contribution in [0.25, 0.3) is 0 Å². The van der Waals surface area contributed by atoms with Gasteiger partial charge >= 0.3 is 0 Å². The molecule has 0 fully saturated rings. The fourth-order valence-corrected chi connectivity index (χ4v) is 3.18. The number of aromatic nitrogens is 2. The molecule has 1 heterocycles. The van der Waals surface area contributed by atoms with Crippen molar-refractivity contribution in [1.29, 1.82) is 0 Å². The highest BCUT2D eigenvalue weighted by Gasteiger charge is 2.04. The normalized spacial score (nSPS) is 10.6.